The molecule has 0 saturated heterocycles. The molecule has 14 heavy (non-hydrogen) atoms. The molecule has 0 bridgehead atoms. The Morgan fingerprint density at radius 2 is 1.14 bits per heavy atom. The summed E-state index contributed by atoms with van der Waals surface area (Å²) in [5, 5.41) is 0. The van der Waals surface area contributed by atoms with Crippen LogP contribution in [0.1, 0.15) is 5.56 Å². The molecule has 2 rings (SSSR count). The Kier molecular flexibility index (Phi) is 2.32. The van der Waals surface area contributed by atoms with Crippen LogP contribution in [0, 0.1) is 12.7 Å². The van der Waals surface area contributed by atoms with Gasteiger partial charge < -0.3 is 0 Å². The fourth-order valence-corrected chi connectivity index (χ4v) is 1.34. The molecule has 0 aliphatic carbocycles. The van der Waals surface area contributed by atoms with Crippen LogP contribution in [0.2, 0.25) is 0 Å². The van der Waals surface area contributed by atoms with E-state index in [1.54, 1.807) is 12.1 Å². The van der Waals surface area contributed by atoms with Crippen molar-refractivity contribution >= 4 is 0 Å². The summed E-state index contributed by atoms with van der Waals surface area (Å²) >= 11 is 0. The lowest BCUT2D eigenvalue weighted by atomic mass is 10.0. The van der Waals surface area contributed by atoms with Gasteiger partial charge in [-0.1, -0.05) is 36.4 Å². The largest absolute Gasteiger partial charge is 0.207 e. The van der Waals surface area contributed by atoms with E-state index in [-0.39, 0.29) is 5.82 Å². The second-order valence-electron chi connectivity index (χ2n) is 3.20. The van der Waals surface area contributed by atoms with Crippen molar-refractivity contribution < 1.29 is 4.39 Å². The zero-order valence-corrected chi connectivity index (χ0v) is 7.70. The average molecular weight is 185 g/mol. The van der Waals surface area contributed by atoms with Crippen LogP contribution < -0.4 is 0 Å². The molecule has 0 amide bonds. The first-order chi connectivity index (χ1) is 6.75. The maximum absolute atomic E-state index is 12.7. The Labute approximate surface area is 83.0 Å². The van der Waals surface area contributed by atoms with Gasteiger partial charge in [-0.3, -0.25) is 0 Å². The molecule has 1 heteroatoms. The highest BCUT2D eigenvalue weighted by Gasteiger charge is 1.96. The third-order valence-corrected chi connectivity index (χ3v) is 2.13. The van der Waals surface area contributed by atoms with Gasteiger partial charge in [0.25, 0.3) is 0 Å². The molecule has 0 aromatic heterocycles. The van der Waals surface area contributed by atoms with E-state index < -0.39 is 0 Å². The number of halogens is 1. The highest BCUT2D eigenvalue weighted by atomic mass is 19.1. The van der Waals surface area contributed by atoms with Gasteiger partial charge in [-0.15, -0.1) is 0 Å². The quantitative estimate of drug-likeness (QED) is 0.635. The molecule has 1 radical (unpaired) electrons. The first-order valence-electron chi connectivity index (χ1n) is 4.44. The SMILES string of the molecule is [CH2]c1ccc(-c2ccc(F)cc2)cc1. The van der Waals surface area contributed by atoms with E-state index in [9.17, 15) is 4.39 Å². The van der Waals surface area contributed by atoms with Crippen molar-refractivity contribution in [1.29, 1.82) is 0 Å². The van der Waals surface area contributed by atoms with Gasteiger partial charge in [0.1, 0.15) is 5.82 Å². The third kappa shape index (κ3) is 1.82. The van der Waals surface area contributed by atoms with Crippen molar-refractivity contribution in [2.75, 3.05) is 0 Å². The molecule has 0 fully saturated rings. The molecule has 2 aromatic rings. The summed E-state index contributed by atoms with van der Waals surface area (Å²) in [5.74, 6) is -0.206. The summed E-state index contributed by atoms with van der Waals surface area (Å²) in [6.07, 6.45) is 0. The van der Waals surface area contributed by atoms with Gasteiger partial charge in [0.2, 0.25) is 0 Å². The van der Waals surface area contributed by atoms with Crippen molar-refractivity contribution in [3.63, 3.8) is 0 Å². The van der Waals surface area contributed by atoms with Crippen molar-refractivity contribution in [2.24, 2.45) is 0 Å². The standard InChI is InChI=1S/C13H10F/c1-10-2-4-11(5-3-10)12-6-8-13(14)9-7-12/h2-9H,1H2. The lowest BCUT2D eigenvalue weighted by Gasteiger charge is -2.01. The summed E-state index contributed by atoms with van der Waals surface area (Å²) in [4.78, 5) is 0. The van der Waals surface area contributed by atoms with Crippen molar-refractivity contribution in [1.82, 2.24) is 0 Å². The van der Waals surface area contributed by atoms with Crippen molar-refractivity contribution in [3.8, 4) is 11.1 Å². The van der Waals surface area contributed by atoms with Crippen LogP contribution in [0.3, 0.4) is 0 Å². The van der Waals surface area contributed by atoms with Gasteiger partial charge in [-0.05, 0) is 35.7 Å². The Hall–Kier alpha value is -1.63. The summed E-state index contributed by atoms with van der Waals surface area (Å²) in [6, 6.07) is 14.3. The van der Waals surface area contributed by atoms with Gasteiger partial charge in [0.05, 0.1) is 0 Å². The van der Waals surface area contributed by atoms with E-state index in [2.05, 4.69) is 6.92 Å². The zero-order valence-electron chi connectivity index (χ0n) is 7.70. The number of rotatable bonds is 1. The molecule has 0 atom stereocenters. The second kappa shape index (κ2) is 3.62. The van der Waals surface area contributed by atoms with Crippen molar-refractivity contribution in [3.05, 3.63) is 66.8 Å². The van der Waals surface area contributed by atoms with Gasteiger partial charge in [-0.25, -0.2) is 4.39 Å². The molecule has 0 heterocycles. The van der Waals surface area contributed by atoms with Gasteiger partial charge in [-0.2, -0.15) is 0 Å². The minimum atomic E-state index is -0.206. The van der Waals surface area contributed by atoms with Crippen LogP contribution in [0.4, 0.5) is 4.39 Å². The molecule has 0 aliphatic heterocycles. The highest BCUT2D eigenvalue weighted by Crippen LogP contribution is 2.19. The molecular formula is C13H10F. The topological polar surface area (TPSA) is 0 Å². The number of hydrogen-bond acceptors (Lipinski definition) is 0. The Morgan fingerprint density at radius 1 is 0.714 bits per heavy atom. The molecule has 0 N–H and O–H groups in total. The van der Waals surface area contributed by atoms with Gasteiger partial charge >= 0.3 is 0 Å². The van der Waals surface area contributed by atoms with Crippen LogP contribution in [0.15, 0.2) is 48.5 Å². The molecular weight excluding hydrogens is 175 g/mol. The predicted molar refractivity (Wildman–Crippen MR) is 56.3 cm³/mol. The van der Waals surface area contributed by atoms with Gasteiger partial charge in [0.15, 0.2) is 0 Å². The summed E-state index contributed by atoms with van der Waals surface area (Å²) in [7, 11) is 0. The zero-order chi connectivity index (χ0) is 9.97. The smallest absolute Gasteiger partial charge is 0.123 e. The van der Waals surface area contributed by atoms with Gasteiger partial charge in [0, 0.05) is 0 Å². The Balaban J connectivity index is 2.40. The molecule has 2 aromatic carbocycles. The first-order valence-corrected chi connectivity index (χ1v) is 4.44. The lowest BCUT2D eigenvalue weighted by molar-refractivity contribution is 0.628. The van der Waals surface area contributed by atoms with Crippen LogP contribution >= 0.6 is 0 Å². The minimum absolute atomic E-state index is 0.206. The van der Waals surface area contributed by atoms with E-state index in [0.717, 1.165) is 16.7 Å². The van der Waals surface area contributed by atoms with Crippen LogP contribution in [-0.4, -0.2) is 0 Å². The predicted octanol–water partition coefficient (Wildman–Crippen LogP) is 3.67. The lowest BCUT2D eigenvalue weighted by Crippen LogP contribution is -1.79. The molecule has 0 aliphatic rings. The molecule has 0 saturated carbocycles. The van der Waals surface area contributed by atoms with Crippen LogP contribution in [0.5, 0.6) is 0 Å². The number of hydrogen-bond donors (Lipinski definition) is 0. The third-order valence-electron chi connectivity index (χ3n) is 2.13. The number of benzene rings is 2. The Morgan fingerprint density at radius 3 is 1.64 bits per heavy atom. The van der Waals surface area contributed by atoms with E-state index in [0.29, 0.717) is 0 Å². The molecule has 0 nitrogen and oxygen atoms in total. The second-order valence-corrected chi connectivity index (χ2v) is 3.20. The summed E-state index contributed by atoms with van der Waals surface area (Å²) in [5.41, 5.74) is 3.08. The van der Waals surface area contributed by atoms with E-state index in [4.69, 9.17) is 0 Å². The maximum atomic E-state index is 12.7. The fourth-order valence-electron chi connectivity index (χ4n) is 1.34. The van der Waals surface area contributed by atoms with Crippen LogP contribution in [-0.2, 0) is 0 Å². The van der Waals surface area contributed by atoms with Crippen molar-refractivity contribution in [2.45, 2.75) is 0 Å². The fraction of sp³-hybridized carbons (Fsp3) is 0. The van der Waals surface area contributed by atoms with E-state index >= 15 is 0 Å². The average Bonchev–Trinajstić information content (AvgIpc) is 2.21. The highest BCUT2D eigenvalue weighted by molar-refractivity contribution is 5.63. The monoisotopic (exact) mass is 185 g/mol. The molecule has 0 spiro atoms. The van der Waals surface area contributed by atoms with E-state index in [1.807, 2.05) is 24.3 Å². The summed E-state index contributed by atoms with van der Waals surface area (Å²) < 4.78 is 12.7. The minimum Gasteiger partial charge on any atom is -0.207 e. The molecule has 69 valence electrons. The van der Waals surface area contributed by atoms with E-state index in [1.165, 1.54) is 12.1 Å². The normalized spacial score (nSPS) is 10.1. The Bertz CT molecular complexity index is 368. The molecule has 0 unspecified atom stereocenters. The summed E-state index contributed by atoms with van der Waals surface area (Å²) in [6.45, 7) is 3.81. The van der Waals surface area contributed by atoms with Crippen LogP contribution in [0.25, 0.3) is 11.1 Å². The first kappa shape index (κ1) is 8.95. The maximum Gasteiger partial charge on any atom is 0.123 e.